The van der Waals surface area contributed by atoms with Crippen molar-refractivity contribution >= 4 is 34.2 Å². The number of nitrogens with zero attached hydrogens (tertiary/aromatic N) is 2. The molecule has 1 aromatic carbocycles. The van der Waals surface area contributed by atoms with Gasteiger partial charge in [0.1, 0.15) is 19.3 Å². The monoisotopic (exact) mass is 253 g/mol. The van der Waals surface area contributed by atoms with Gasteiger partial charge >= 0.3 is 0 Å². The largest absolute Gasteiger partial charge is 0.356 e. The number of rotatable bonds is 2. The second kappa shape index (κ2) is 3.79. The number of hydrazone groups is 1. The van der Waals surface area contributed by atoms with Crippen molar-refractivity contribution in [3.8, 4) is 0 Å². The van der Waals surface area contributed by atoms with Gasteiger partial charge in [-0.25, -0.2) is 5.01 Å². The number of carbonyl (C=O) groups excluding carboxylic acids is 1. The van der Waals surface area contributed by atoms with Crippen molar-refractivity contribution in [1.82, 2.24) is 5.32 Å². The number of hydrogen-bond acceptors (Lipinski definition) is 4. The van der Waals surface area contributed by atoms with Gasteiger partial charge in [0.25, 0.3) is 0 Å². The predicted octanol–water partition coefficient (Wildman–Crippen LogP) is 1.57. The summed E-state index contributed by atoms with van der Waals surface area (Å²) in [5, 5.41) is 8.88. The Balaban J connectivity index is 2.34. The predicted molar refractivity (Wildman–Crippen MR) is 58.5 cm³/mol. The first-order chi connectivity index (χ1) is 6.81. The Hall–Kier alpha value is -1.36. The molecule has 4 nitrogen and oxygen atoms in total. The molecule has 1 heterocycles. The number of halogens is 1. The van der Waals surface area contributed by atoms with Crippen LogP contribution < -0.4 is 10.3 Å². The molecule has 0 bridgehead atoms. The first-order valence-electron chi connectivity index (χ1n) is 4.09. The van der Waals surface area contributed by atoms with Crippen molar-refractivity contribution in [1.29, 1.82) is 0 Å². The number of hydrogen-bond donors (Lipinski definition) is 1. The van der Waals surface area contributed by atoms with Gasteiger partial charge in [-0.05, 0) is 34.1 Å². The molecular weight excluding hydrogens is 246 g/mol. The molecule has 5 heteroatoms. The van der Waals surface area contributed by atoms with Gasteiger partial charge in [0.05, 0.1) is 5.69 Å². The fraction of sp³-hybridized carbons (Fsp3) is 0.111. The van der Waals surface area contributed by atoms with Crippen LogP contribution in [0.1, 0.15) is 10.4 Å². The molecule has 0 spiro atoms. The van der Waals surface area contributed by atoms with Gasteiger partial charge in [0.2, 0.25) is 0 Å². The second-order valence-corrected chi connectivity index (χ2v) is 3.69. The quantitative estimate of drug-likeness (QED) is 0.815. The highest BCUT2D eigenvalue weighted by Crippen LogP contribution is 2.27. The molecular formula is C9H8BrN3O. The highest BCUT2D eigenvalue weighted by molar-refractivity contribution is 9.10. The maximum atomic E-state index is 10.5. The van der Waals surface area contributed by atoms with E-state index in [2.05, 4.69) is 26.3 Å². The normalized spacial score (nSPS) is 14.2. The molecule has 0 aromatic heterocycles. The molecule has 0 saturated heterocycles. The van der Waals surface area contributed by atoms with Crippen molar-refractivity contribution in [2.24, 2.45) is 5.10 Å². The molecule has 1 N–H and O–H groups in total. The lowest BCUT2D eigenvalue weighted by Gasteiger charge is -2.14. The summed E-state index contributed by atoms with van der Waals surface area (Å²) in [6, 6.07) is 5.40. The van der Waals surface area contributed by atoms with E-state index in [0.29, 0.717) is 12.2 Å². The fourth-order valence-electron chi connectivity index (χ4n) is 1.23. The van der Waals surface area contributed by atoms with Crippen LogP contribution in [-0.2, 0) is 0 Å². The van der Waals surface area contributed by atoms with Gasteiger partial charge in [0.15, 0.2) is 0 Å². The maximum absolute atomic E-state index is 10.5. The molecule has 0 radical (unpaired) electrons. The van der Waals surface area contributed by atoms with Crippen molar-refractivity contribution in [2.75, 3.05) is 11.7 Å². The van der Waals surface area contributed by atoms with Crippen LogP contribution in [0.3, 0.4) is 0 Å². The molecule has 1 aliphatic heterocycles. The van der Waals surface area contributed by atoms with E-state index in [1.807, 2.05) is 6.07 Å². The molecule has 1 aliphatic rings. The molecule has 2 rings (SSSR count). The Bertz CT molecular complexity index is 392. The number of carbonyl (C=O) groups is 1. The van der Waals surface area contributed by atoms with Gasteiger partial charge < -0.3 is 5.32 Å². The molecule has 1 aromatic rings. The van der Waals surface area contributed by atoms with Gasteiger partial charge in [-0.1, -0.05) is 0 Å². The lowest BCUT2D eigenvalue weighted by molar-refractivity contribution is 0.112. The van der Waals surface area contributed by atoms with Gasteiger partial charge in [0, 0.05) is 10.0 Å². The minimum absolute atomic E-state index is 0.650. The third kappa shape index (κ3) is 1.63. The third-order valence-electron chi connectivity index (χ3n) is 1.92. The van der Waals surface area contributed by atoms with E-state index in [1.165, 1.54) is 0 Å². The highest BCUT2D eigenvalue weighted by atomic mass is 79.9. The molecule has 72 valence electrons. The molecule has 0 aliphatic carbocycles. The lowest BCUT2D eigenvalue weighted by Crippen LogP contribution is -2.20. The summed E-state index contributed by atoms with van der Waals surface area (Å²) in [5.74, 6) is 0. The summed E-state index contributed by atoms with van der Waals surface area (Å²) in [7, 11) is 0. The number of nitrogens with one attached hydrogen (secondary N) is 1. The van der Waals surface area contributed by atoms with Gasteiger partial charge in [-0.3, -0.25) is 4.79 Å². The summed E-state index contributed by atoms with van der Waals surface area (Å²) >= 11 is 3.40. The third-order valence-corrected chi connectivity index (χ3v) is 2.55. The van der Waals surface area contributed by atoms with Crippen LogP contribution >= 0.6 is 15.9 Å². The maximum Gasteiger partial charge on any atom is 0.150 e. The molecule has 0 saturated carbocycles. The first-order valence-corrected chi connectivity index (χ1v) is 4.88. The van der Waals surface area contributed by atoms with Crippen molar-refractivity contribution in [2.45, 2.75) is 0 Å². The average molecular weight is 254 g/mol. The Morgan fingerprint density at radius 1 is 1.57 bits per heavy atom. The molecule has 0 fully saturated rings. The number of benzene rings is 1. The van der Waals surface area contributed by atoms with Crippen LogP contribution in [0.25, 0.3) is 0 Å². The lowest BCUT2D eigenvalue weighted by atomic mass is 10.2. The Morgan fingerprint density at radius 2 is 2.43 bits per heavy atom. The zero-order chi connectivity index (χ0) is 9.97. The van der Waals surface area contributed by atoms with Gasteiger partial charge in [-0.2, -0.15) is 5.10 Å². The van der Waals surface area contributed by atoms with E-state index in [4.69, 9.17) is 0 Å². The van der Waals surface area contributed by atoms with E-state index in [0.717, 1.165) is 16.4 Å². The average Bonchev–Trinajstić information content (AvgIpc) is 2.70. The minimum atomic E-state index is 0.650. The summed E-state index contributed by atoms with van der Waals surface area (Å²) in [4.78, 5) is 10.5. The van der Waals surface area contributed by atoms with Crippen LogP contribution in [0.15, 0.2) is 27.8 Å². The minimum Gasteiger partial charge on any atom is -0.356 e. The Kier molecular flexibility index (Phi) is 2.49. The zero-order valence-corrected chi connectivity index (χ0v) is 8.86. The van der Waals surface area contributed by atoms with Gasteiger partial charge in [-0.15, -0.1) is 0 Å². The number of aldehydes is 1. The standard InChI is InChI=1S/C9H8BrN3O/c10-8-3-7(4-14)1-2-9(8)13-6-11-5-12-13/h1-5H,6H2,(H,11,12). The SMILES string of the molecule is O=Cc1ccc(N2CNC=N2)c(Br)c1. The van der Waals surface area contributed by atoms with E-state index in [9.17, 15) is 4.79 Å². The molecule has 0 unspecified atom stereocenters. The Labute approximate surface area is 89.7 Å². The fourth-order valence-corrected chi connectivity index (χ4v) is 1.83. The van der Waals surface area contributed by atoms with Crippen LogP contribution in [0.2, 0.25) is 0 Å². The van der Waals surface area contributed by atoms with Crippen molar-refractivity contribution < 1.29 is 4.79 Å². The van der Waals surface area contributed by atoms with Crippen molar-refractivity contribution in [3.63, 3.8) is 0 Å². The summed E-state index contributed by atoms with van der Waals surface area (Å²) < 4.78 is 0.864. The Morgan fingerprint density at radius 3 is 3.00 bits per heavy atom. The zero-order valence-electron chi connectivity index (χ0n) is 7.27. The summed E-state index contributed by atoms with van der Waals surface area (Å²) in [5.41, 5.74) is 1.59. The summed E-state index contributed by atoms with van der Waals surface area (Å²) in [6.07, 6.45) is 2.46. The van der Waals surface area contributed by atoms with Crippen LogP contribution in [-0.4, -0.2) is 19.3 Å². The number of anilines is 1. The van der Waals surface area contributed by atoms with E-state index >= 15 is 0 Å². The smallest absolute Gasteiger partial charge is 0.150 e. The van der Waals surface area contributed by atoms with Crippen LogP contribution in [0.5, 0.6) is 0 Å². The topological polar surface area (TPSA) is 44.7 Å². The second-order valence-electron chi connectivity index (χ2n) is 2.84. The van der Waals surface area contributed by atoms with Crippen molar-refractivity contribution in [3.05, 3.63) is 28.2 Å². The molecule has 14 heavy (non-hydrogen) atoms. The molecule has 0 amide bonds. The van der Waals surface area contributed by atoms with E-state index in [1.54, 1.807) is 23.5 Å². The van der Waals surface area contributed by atoms with E-state index in [-0.39, 0.29) is 0 Å². The summed E-state index contributed by atoms with van der Waals surface area (Å²) in [6.45, 7) is 0.652. The van der Waals surface area contributed by atoms with Crippen LogP contribution in [0, 0.1) is 0 Å². The first kappa shape index (κ1) is 9.21. The van der Waals surface area contributed by atoms with E-state index < -0.39 is 0 Å². The van der Waals surface area contributed by atoms with Crippen LogP contribution in [0.4, 0.5) is 5.69 Å². The molecule has 0 atom stereocenters. The highest BCUT2D eigenvalue weighted by Gasteiger charge is 2.11.